The lowest BCUT2D eigenvalue weighted by atomic mass is 10.1. The molecule has 1 N–H and O–H groups in total. The zero-order valence-corrected chi connectivity index (χ0v) is 13.6. The third-order valence-electron chi connectivity index (χ3n) is 3.34. The fraction of sp³-hybridized carbons (Fsp3) is 0.462. The largest absolute Gasteiger partial charge is 0.452 e. The van der Waals surface area contributed by atoms with E-state index in [0.29, 0.717) is 17.3 Å². The third kappa shape index (κ3) is 3.42. The lowest BCUT2D eigenvalue weighted by Crippen LogP contribution is -2.33. The van der Waals surface area contributed by atoms with Crippen LogP contribution in [0.1, 0.15) is 20.3 Å². The first-order valence-electron chi connectivity index (χ1n) is 6.17. The second kappa shape index (κ2) is 5.63. The van der Waals surface area contributed by atoms with Gasteiger partial charge in [-0.15, -0.1) is 23.2 Å². The van der Waals surface area contributed by atoms with Gasteiger partial charge >= 0.3 is 5.97 Å². The molecule has 2 rings (SSSR count). The molecule has 1 aliphatic carbocycles. The summed E-state index contributed by atoms with van der Waals surface area (Å²) >= 11 is 17.5. The second-order valence-electron chi connectivity index (χ2n) is 5.11. The number of nitrogens with zero attached hydrogens (tertiary/aromatic N) is 1. The average molecular weight is 352 g/mol. The monoisotopic (exact) mass is 350 g/mol. The summed E-state index contributed by atoms with van der Waals surface area (Å²) in [4.78, 5) is 27.8. The number of hydrogen-bond donors (Lipinski definition) is 1. The molecule has 1 fully saturated rings. The van der Waals surface area contributed by atoms with Crippen LogP contribution < -0.4 is 5.32 Å². The zero-order chi connectivity index (χ0) is 15.8. The minimum atomic E-state index is -1.13. The minimum absolute atomic E-state index is 0.301. The molecule has 2 atom stereocenters. The Morgan fingerprint density at radius 1 is 1.43 bits per heavy atom. The highest BCUT2D eigenvalue weighted by Crippen LogP contribution is 2.64. The zero-order valence-electron chi connectivity index (χ0n) is 11.3. The Balaban J connectivity index is 1.91. The van der Waals surface area contributed by atoms with Gasteiger partial charge in [0, 0.05) is 12.6 Å². The van der Waals surface area contributed by atoms with E-state index in [1.54, 1.807) is 19.1 Å². The lowest BCUT2D eigenvalue weighted by molar-refractivity contribution is -0.158. The number of halogens is 3. The van der Waals surface area contributed by atoms with Gasteiger partial charge in [0.05, 0.1) is 5.02 Å². The molecule has 1 saturated carbocycles. The highest BCUT2D eigenvalue weighted by Gasteiger charge is 2.69. The van der Waals surface area contributed by atoms with E-state index in [9.17, 15) is 9.59 Å². The van der Waals surface area contributed by atoms with Crippen molar-refractivity contribution < 1.29 is 14.3 Å². The Hall–Kier alpha value is -1.04. The van der Waals surface area contributed by atoms with Crippen LogP contribution in [-0.2, 0) is 14.3 Å². The molecule has 1 aliphatic rings. The van der Waals surface area contributed by atoms with E-state index < -0.39 is 27.7 Å². The van der Waals surface area contributed by atoms with Gasteiger partial charge in [-0.2, -0.15) is 0 Å². The molecule has 0 unspecified atom stereocenters. The lowest BCUT2D eigenvalue weighted by Gasteiger charge is -2.17. The number of aromatic nitrogens is 1. The quantitative estimate of drug-likeness (QED) is 0.668. The molecular formula is C13H13Cl3N2O3. The summed E-state index contributed by atoms with van der Waals surface area (Å²) in [6.07, 6.45) is 0.709. The van der Waals surface area contributed by atoms with Crippen LogP contribution >= 0.6 is 34.8 Å². The van der Waals surface area contributed by atoms with Crippen molar-refractivity contribution in [2.24, 2.45) is 5.41 Å². The number of anilines is 1. The van der Waals surface area contributed by atoms with Crippen LogP contribution in [0.25, 0.3) is 0 Å². The summed E-state index contributed by atoms with van der Waals surface area (Å²) in [6, 6.07) is 3.13. The van der Waals surface area contributed by atoms with Gasteiger partial charge in [-0.25, -0.2) is 4.98 Å². The van der Waals surface area contributed by atoms with E-state index in [-0.39, 0.29) is 0 Å². The maximum atomic E-state index is 12.0. The third-order valence-corrected chi connectivity index (χ3v) is 4.67. The van der Waals surface area contributed by atoms with Crippen molar-refractivity contribution in [1.29, 1.82) is 0 Å². The van der Waals surface area contributed by atoms with Crippen LogP contribution in [0.2, 0.25) is 5.02 Å². The van der Waals surface area contributed by atoms with Gasteiger partial charge in [0.2, 0.25) is 0 Å². The van der Waals surface area contributed by atoms with Gasteiger partial charge in [0.15, 0.2) is 6.10 Å². The summed E-state index contributed by atoms with van der Waals surface area (Å²) in [5, 5.41) is 2.97. The van der Waals surface area contributed by atoms with Crippen molar-refractivity contribution in [3.8, 4) is 0 Å². The van der Waals surface area contributed by atoms with Crippen molar-refractivity contribution >= 4 is 52.5 Å². The molecule has 0 aromatic carbocycles. The van der Waals surface area contributed by atoms with Gasteiger partial charge in [-0.3, -0.25) is 9.59 Å². The van der Waals surface area contributed by atoms with Crippen molar-refractivity contribution in [3.05, 3.63) is 23.4 Å². The van der Waals surface area contributed by atoms with Crippen molar-refractivity contribution in [1.82, 2.24) is 4.98 Å². The van der Waals surface area contributed by atoms with E-state index in [1.165, 1.54) is 13.1 Å². The fourth-order valence-electron chi connectivity index (χ4n) is 1.64. The van der Waals surface area contributed by atoms with E-state index in [4.69, 9.17) is 39.5 Å². The molecule has 0 aliphatic heterocycles. The standard InChI is InChI=1S/C13H13Cl3N2O3/c1-7(21-11(20)12(2)6-13(12,15)16)10(19)18-9-4-3-8(14)5-17-9/h3-5,7H,6H2,1-2H3,(H,17,18,19)/t7-,12+/m0/s1. The number of esters is 1. The first-order chi connectivity index (χ1) is 9.65. The Morgan fingerprint density at radius 3 is 2.52 bits per heavy atom. The van der Waals surface area contributed by atoms with Crippen molar-refractivity contribution in [3.63, 3.8) is 0 Å². The molecule has 1 aromatic rings. The molecule has 5 nitrogen and oxygen atoms in total. The summed E-state index contributed by atoms with van der Waals surface area (Å²) in [5.41, 5.74) is -0.969. The second-order valence-corrected chi connectivity index (χ2v) is 7.03. The molecule has 0 radical (unpaired) electrons. The highest BCUT2D eigenvalue weighted by atomic mass is 35.5. The molecule has 0 saturated heterocycles. The molecule has 1 heterocycles. The van der Waals surface area contributed by atoms with Gasteiger partial charge in [0.25, 0.3) is 5.91 Å². The molecule has 0 spiro atoms. The summed E-state index contributed by atoms with van der Waals surface area (Å²) in [7, 11) is 0. The maximum Gasteiger partial charge on any atom is 0.315 e. The Bertz CT molecular complexity index is 577. The van der Waals surface area contributed by atoms with Crippen LogP contribution in [0.3, 0.4) is 0 Å². The predicted octanol–water partition coefficient (Wildman–Crippen LogP) is 3.19. The number of ether oxygens (including phenoxy) is 1. The topological polar surface area (TPSA) is 68.3 Å². The first kappa shape index (κ1) is 16.3. The molecule has 1 amide bonds. The van der Waals surface area contributed by atoms with Gasteiger partial charge in [-0.05, 0) is 26.0 Å². The molecule has 21 heavy (non-hydrogen) atoms. The molecule has 1 aromatic heterocycles. The maximum absolute atomic E-state index is 12.0. The van der Waals surface area contributed by atoms with Crippen LogP contribution in [-0.4, -0.2) is 27.3 Å². The predicted molar refractivity (Wildman–Crippen MR) is 80.6 cm³/mol. The Morgan fingerprint density at radius 2 is 2.05 bits per heavy atom. The Kier molecular flexibility index (Phi) is 4.38. The van der Waals surface area contributed by atoms with Crippen LogP contribution in [0, 0.1) is 5.41 Å². The first-order valence-corrected chi connectivity index (χ1v) is 7.30. The van der Waals surface area contributed by atoms with Crippen LogP contribution in [0.15, 0.2) is 18.3 Å². The Labute approximate surface area is 136 Å². The number of nitrogens with one attached hydrogen (secondary N) is 1. The molecule has 114 valence electrons. The number of pyridine rings is 1. The van der Waals surface area contributed by atoms with Crippen molar-refractivity contribution in [2.45, 2.75) is 30.7 Å². The number of carbonyl (C=O) groups excluding carboxylic acids is 2. The van der Waals surface area contributed by atoms with Crippen LogP contribution in [0.4, 0.5) is 5.82 Å². The smallest absolute Gasteiger partial charge is 0.315 e. The van der Waals surface area contributed by atoms with E-state index >= 15 is 0 Å². The van der Waals surface area contributed by atoms with Crippen molar-refractivity contribution in [2.75, 3.05) is 5.32 Å². The van der Waals surface area contributed by atoms with Gasteiger partial charge in [0.1, 0.15) is 15.6 Å². The fourth-order valence-corrected chi connectivity index (χ4v) is 2.44. The number of carbonyl (C=O) groups is 2. The van der Waals surface area contributed by atoms with E-state index in [0.717, 1.165) is 0 Å². The molecular weight excluding hydrogens is 339 g/mol. The average Bonchev–Trinajstić information content (AvgIpc) is 2.92. The van der Waals surface area contributed by atoms with Gasteiger partial charge < -0.3 is 10.1 Å². The number of hydrogen-bond acceptors (Lipinski definition) is 4. The number of alkyl halides is 2. The number of rotatable bonds is 4. The SMILES string of the molecule is C[C@H](OC(=O)[C@@]1(C)CC1(Cl)Cl)C(=O)Nc1ccc(Cl)cn1. The summed E-state index contributed by atoms with van der Waals surface area (Å²) in [6.45, 7) is 3.06. The minimum Gasteiger partial charge on any atom is -0.452 e. The van der Waals surface area contributed by atoms with Gasteiger partial charge in [-0.1, -0.05) is 11.6 Å². The molecule has 0 bridgehead atoms. The van der Waals surface area contributed by atoms with E-state index in [2.05, 4.69) is 10.3 Å². The highest BCUT2D eigenvalue weighted by molar-refractivity contribution is 6.53. The summed E-state index contributed by atoms with van der Waals surface area (Å²) < 4.78 is 3.97. The van der Waals surface area contributed by atoms with Crippen LogP contribution in [0.5, 0.6) is 0 Å². The van der Waals surface area contributed by atoms with E-state index in [1.807, 2.05) is 0 Å². The number of amides is 1. The summed E-state index contributed by atoms with van der Waals surface area (Å²) in [5.74, 6) is -0.787. The molecule has 8 heteroatoms. The normalized spacial score (nSPS) is 24.0.